The van der Waals surface area contributed by atoms with Crippen LogP contribution in [0.2, 0.25) is 0 Å². The summed E-state index contributed by atoms with van der Waals surface area (Å²) in [6.07, 6.45) is 0.562. The summed E-state index contributed by atoms with van der Waals surface area (Å²) < 4.78 is 1.60. The van der Waals surface area contributed by atoms with E-state index in [-0.39, 0.29) is 16.8 Å². The Hall–Kier alpha value is -2.02. The molecule has 0 aliphatic heterocycles. The number of nitro benzene ring substituents is 1. The molecule has 1 heterocycles. The smallest absolute Gasteiger partial charge is 0.270 e. The Morgan fingerprint density at radius 1 is 1.39 bits per heavy atom. The van der Waals surface area contributed by atoms with E-state index in [1.54, 1.807) is 0 Å². The van der Waals surface area contributed by atoms with Gasteiger partial charge in [-0.25, -0.2) is 0 Å². The molecule has 18 heavy (non-hydrogen) atoms. The molecule has 1 aromatic carbocycles. The average molecular weight is 311 g/mol. The van der Waals surface area contributed by atoms with Crippen molar-refractivity contribution >= 4 is 38.7 Å². The number of carbonyl (C=O) groups excluding carboxylic acids is 1. The van der Waals surface area contributed by atoms with Crippen molar-refractivity contribution < 1.29 is 9.72 Å². The zero-order valence-corrected chi connectivity index (χ0v) is 10.8. The number of non-ortho nitro benzene ring substituents is 1. The monoisotopic (exact) mass is 310 g/mol. The number of aldehydes is 1. The van der Waals surface area contributed by atoms with E-state index in [1.807, 2.05) is 0 Å². The Morgan fingerprint density at radius 2 is 2.06 bits per heavy atom. The maximum atomic E-state index is 12.0. The Balaban J connectivity index is 2.98. The van der Waals surface area contributed by atoms with Crippen molar-refractivity contribution in [2.75, 3.05) is 0 Å². The van der Waals surface area contributed by atoms with Gasteiger partial charge in [0.2, 0.25) is 0 Å². The zero-order chi connectivity index (χ0) is 13.4. The first-order valence-electron chi connectivity index (χ1n) is 4.89. The number of hydrogen-bond donors (Lipinski definition) is 0. The van der Waals surface area contributed by atoms with E-state index < -0.39 is 10.5 Å². The number of fused-ring (bicyclic) bond motifs is 1. The van der Waals surface area contributed by atoms with Gasteiger partial charge in [0.1, 0.15) is 0 Å². The molecule has 0 fully saturated rings. The Labute approximate surface area is 109 Å². The van der Waals surface area contributed by atoms with Crippen molar-refractivity contribution in [1.29, 1.82) is 0 Å². The number of halogens is 1. The van der Waals surface area contributed by atoms with Crippen LogP contribution >= 0.6 is 15.9 Å². The lowest BCUT2D eigenvalue weighted by Crippen LogP contribution is -2.21. The molecule has 0 radical (unpaired) electrons. The van der Waals surface area contributed by atoms with Gasteiger partial charge in [-0.3, -0.25) is 19.7 Å². The van der Waals surface area contributed by atoms with Gasteiger partial charge in [0.15, 0.2) is 6.29 Å². The molecule has 0 unspecified atom stereocenters. The van der Waals surface area contributed by atoms with Gasteiger partial charge >= 0.3 is 0 Å². The van der Waals surface area contributed by atoms with E-state index in [9.17, 15) is 19.7 Å². The Bertz CT molecular complexity index is 736. The van der Waals surface area contributed by atoms with Gasteiger partial charge in [0.05, 0.1) is 20.5 Å². The van der Waals surface area contributed by atoms with Gasteiger partial charge in [0.25, 0.3) is 11.2 Å². The fourth-order valence-corrected chi connectivity index (χ4v) is 2.43. The molecule has 0 spiro atoms. The third-order valence-corrected chi connectivity index (χ3v) is 3.52. The summed E-state index contributed by atoms with van der Waals surface area (Å²) in [5.41, 5.74) is -0.411. The highest BCUT2D eigenvalue weighted by Crippen LogP contribution is 2.27. The van der Waals surface area contributed by atoms with Crippen LogP contribution in [0.25, 0.3) is 10.8 Å². The summed E-state index contributed by atoms with van der Waals surface area (Å²) in [6.45, 7) is 0. The molecule has 0 N–H and O–H groups in total. The standard InChI is InChI=1S/C11H7BrN2O4/c1-13-9(5-15)10(12)7-3-2-6(14(17)18)4-8(7)11(13)16/h2-5H,1H3. The number of aromatic nitrogens is 1. The first-order chi connectivity index (χ1) is 8.47. The van der Waals surface area contributed by atoms with Crippen molar-refractivity contribution in [1.82, 2.24) is 4.57 Å². The minimum absolute atomic E-state index is 0.162. The average Bonchev–Trinajstić information content (AvgIpc) is 2.36. The second-order valence-corrected chi connectivity index (χ2v) is 4.46. The molecule has 0 saturated carbocycles. The van der Waals surface area contributed by atoms with Crippen LogP contribution in [0.15, 0.2) is 27.5 Å². The molecule has 0 amide bonds. The van der Waals surface area contributed by atoms with E-state index in [2.05, 4.69) is 15.9 Å². The molecule has 2 aromatic rings. The highest BCUT2D eigenvalue weighted by Gasteiger charge is 2.15. The van der Waals surface area contributed by atoms with Gasteiger partial charge in [-0.1, -0.05) is 0 Å². The number of pyridine rings is 1. The highest BCUT2D eigenvalue weighted by molar-refractivity contribution is 9.10. The van der Waals surface area contributed by atoms with Crippen LogP contribution in [0.5, 0.6) is 0 Å². The molecule has 6 nitrogen and oxygen atoms in total. The molecule has 0 aliphatic carbocycles. The van der Waals surface area contributed by atoms with Crippen LogP contribution in [0, 0.1) is 10.1 Å². The fraction of sp³-hybridized carbons (Fsp3) is 0.0909. The molecule has 0 bridgehead atoms. The topological polar surface area (TPSA) is 82.2 Å². The van der Waals surface area contributed by atoms with Crippen molar-refractivity contribution in [3.8, 4) is 0 Å². The first kappa shape index (κ1) is 12.4. The van der Waals surface area contributed by atoms with Crippen LogP contribution in [0.1, 0.15) is 10.5 Å². The highest BCUT2D eigenvalue weighted by atomic mass is 79.9. The summed E-state index contributed by atoms with van der Waals surface area (Å²) >= 11 is 3.23. The summed E-state index contributed by atoms with van der Waals surface area (Å²) in [4.78, 5) is 33.0. The van der Waals surface area contributed by atoms with E-state index in [4.69, 9.17) is 0 Å². The summed E-state index contributed by atoms with van der Waals surface area (Å²) in [5.74, 6) is 0. The second-order valence-electron chi connectivity index (χ2n) is 3.67. The van der Waals surface area contributed by atoms with Crippen LogP contribution < -0.4 is 5.56 Å². The van der Waals surface area contributed by atoms with E-state index in [1.165, 1.54) is 25.2 Å². The first-order valence-corrected chi connectivity index (χ1v) is 5.68. The number of nitrogens with zero attached hydrogens (tertiary/aromatic N) is 2. The lowest BCUT2D eigenvalue weighted by atomic mass is 10.1. The van der Waals surface area contributed by atoms with Crippen molar-refractivity contribution in [2.24, 2.45) is 7.05 Å². The third kappa shape index (κ3) is 1.72. The third-order valence-electron chi connectivity index (χ3n) is 2.68. The fourth-order valence-electron chi connectivity index (χ4n) is 1.72. The molecule has 92 valence electrons. The molecule has 7 heteroatoms. The molecular formula is C11H7BrN2O4. The van der Waals surface area contributed by atoms with Crippen LogP contribution in [0.4, 0.5) is 5.69 Å². The van der Waals surface area contributed by atoms with Crippen molar-refractivity contribution in [3.63, 3.8) is 0 Å². The van der Waals surface area contributed by atoms with E-state index in [0.29, 0.717) is 16.1 Å². The quantitative estimate of drug-likeness (QED) is 0.482. The number of carbonyl (C=O) groups is 1. The maximum absolute atomic E-state index is 12.0. The summed E-state index contributed by atoms with van der Waals surface area (Å²) in [6, 6.07) is 3.95. The lowest BCUT2D eigenvalue weighted by molar-refractivity contribution is -0.384. The van der Waals surface area contributed by atoms with Gasteiger partial charge < -0.3 is 4.57 Å². The van der Waals surface area contributed by atoms with Crippen LogP contribution in [0.3, 0.4) is 0 Å². The normalized spacial score (nSPS) is 10.6. The molecule has 0 saturated heterocycles. The Kier molecular flexibility index (Phi) is 3.00. The SMILES string of the molecule is Cn1c(C=O)c(Br)c2ccc([N+](=O)[O-])cc2c1=O. The minimum Gasteiger partial charge on any atom is -0.307 e. The van der Waals surface area contributed by atoms with E-state index in [0.717, 1.165) is 4.57 Å². The summed E-state index contributed by atoms with van der Waals surface area (Å²) in [7, 11) is 1.44. The van der Waals surface area contributed by atoms with E-state index >= 15 is 0 Å². The molecule has 0 aliphatic rings. The predicted octanol–water partition coefficient (Wildman–Crippen LogP) is 2.02. The largest absolute Gasteiger partial charge is 0.307 e. The number of nitro groups is 1. The van der Waals surface area contributed by atoms with Gasteiger partial charge in [-0.15, -0.1) is 0 Å². The Morgan fingerprint density at radius 3 is 2.61 bits per heavy atom. The summed E-state index contributed by atoms with van der Waals surface area (Å²) in [5, 5.41) is 11.4. The lowest BCUT2D eigenvalue weighted by Gasteiger charge is -2.08. The van der Waals surface area contributed by atoms with Crippen molar-refractivity contribution in [3.05, 3.63) is 48.8 Å². The van der Waals surface area contributed by atoms with Gasteiger partial charge in [-0.2, -0.15) is 0 Å². The maximum Gasteiger partial charge on any atom is 0.270 e. The minimum atomic E-state index is -0.569. The molecular weight excluding hydrogens is 304 g/mol. The number of rotatable bonds is 2. The molecule has 0 atom stereocenters. The zero-order valence-electron chi connectivity index (χ0n) is 9.21. The van der Waals surface area contributed by atoms with Gasteiger partial charge in [0, 0.05) is 24.6 Å². The van der Waals surface area contributed by atoms with Crippen molar-refractivity contribution in [2.45, 2.75) is 0 Å². The molecule has 2 rings (SSSR count). The van der Waals surface area contributed by atoms with Crippen LogP contribution in [-0.4, -0.2) is 15.8 Å². The van der Waals surface area contributed by atoms with Crippen LogP contribution in [-0.2, 0) is 7.05 Å². The molecule has 1 aromatic heterocycles. The number of hydrogen-bond acceptors (Lipinski definition) is 4. The number of benzene rings is 1. The predicted molar refractivity (Wildman–Crippen MR) is 68.9 cm³/mol. The van der Waals surface area contributed by atoms with Gasteiger partial charge in [-0.05, 0) is 22.0 Å². The second kappa shape index (κ2) is 4.34.